The van der Waals surface area contributed by atoms with Crippen LogP contribution in [0.3, 0.4) is 0 Å². The molecule has 1 aliphatic heterocycles. The first-order chi connectivity index (χ1) is 6.31. The fraction of sp³-hybridized carbons (Fsp3) is 0.900. The van der Waals surface area contributed by atoms with E-state index in [-0.39, 0.29) is 18.6 Å². The van der Waals surface area contributed by atoms with Crippen LogP contribution in [0.25, 0.3) is 0 Å². The molecular formula is C10H17NO2. The number of aliphatic hydroxyl groups is 1. The van der Waals surface area contributed by atoms with Crippen molar-refractivity contribution >= 4 is 5.91 Å². The van der Waals surface area contributed by atoms with Crippen molar-refractivity contribution in [2.45, 2.75) is 38.1 Å². The molecule has 1 saturated carbocycles. The summed E-state index contributed by atoms with van der Waals surface area (Å²) in [5, 5.41) is 11.9. The van der Waals surface area contributed by atoms with E-state index < -0.39 is 0 Å². The minimum atomic E-state index is 0.0376. The van der Waals surface area contributed by atoms with Gasteiger partial charge in [-0.15, -0.1) is 0 Å². The molecule has 2 rings (SSSR count). The lowest BCUT2D eigenvalue weighted by atomic mass is 9.85. The summed E-state index contributed by atoms with van der Waals surface area (Å²) in [6.07, 6.45) is 5.73. The van der Waals surface area contributed by atoms with E-state index in [2.05, 4.69) is 5.32 Å². The molecule has 0 aromatic heterocycles. The van der Waals surface area contributed by atoms with Crippen LogP contribution in [-0.4, -0.2) is 23.7 Å². The molecular weight excluding hydrogens is 166 g/mol. The zero-order chi connectivity index (χ0) is 9.26. The second kappa shape index (κ2) is 3.66. The molecule has 3 nitrogen and oxygen atoms in total. The highest BCUT2D eigenvalue weighted by atomic mass is 16.3. The van der Waals surface area contributed by atoms with E-state index in [1.807, 2.05) is 0 Å². The van der Waals surface area contributed by atoms with Crippen LogP contribution in [0.4, 0.5) is 0 Å². The van der Waals surface area contributed by atoms with Gasteiger partial charge in [-0.3, -0.25) is 4.79 Å². The highest BCUT2D eigenvalue weighted by Gasteiger charge is 2.38. The van der Waals surface area contributed by atoms with Gasteiger partial charge in [-0.2, -0.15) is 0 Å². The summed E-state index contributed by atoms with van der Waals surface area (Å²) in [6.45, 7) is 0.104. The van der Waals surface area contributed by atoms with Crippen LogP contribution in [0, 0.1) is 11.8 Å². The summed E-state index contributed by atoms with van der Waals surface area (Å²) in [7, 11) is 0. The van der Waals surface area contributed by atoms with E-state index >= 15 is 0 Å². The predicted molar refractivity (Wildman–Crippen MR) is 49.1 cm³/mol. The summed E-state index contributed by atoms with van der Waals surface area (Å²) in [4.78, 5) is 11.2. The smallest absolute Gasteiger partial charge is 0.220 e. The molecule has 2 fully saturated rings. The van der Waals surface area contributed by atoms with Crippen molar-refractivity contribution in [2.75, 3.05) is 6.61 Å². The number of aliphatic hydroxyl groups excluding tert-OH is 1. The summed E-state index contributed by atoms with van der Waals surface area (Å²) in [6, 6.07) is 0.0376. The minimum Gasteiger partial charge on any atom is -0.394 e. The van der Waals surface area contributed by atoms with Gasteiger partial charge in [0.25, 0.3) is 0 Å². The summed E-state index contributed by atoms with van der Waals surface area (Å²) in [5.74, 6) is 1.20. The number of hydrogen-bond acceptors (Lipinski definition) is 2. The van der Waals surface area contributed by atoms with Crippen molar-refractivity contribution in [2.24, 2.45) is 11.8 Å². The Labute approximate surface area is 78.5 Å². The van der Waals surface area contributed by atoms with Crippen LogP contribution in [0.15, 0.2) is 0 Å². The lowest BCUT2D eigenvalue weighted by Crippen LogP contribution is -2.34. The Morgan fingerprint density at radius 2 is 2.08 bits per heavy atom. The maximum absolute atomic E-state index is 11.2. The van der Waals surface area contributed by atoms with Crippen molar-refractivity contribution in [3.8, 4) is 0 Å². The Hall–Kier alpha value is -0.570. The molecule has 0 bridgehead atoms. The number of carbonyl (C=O) groups excluding carboxylic acids is 1. The normalized spacial score (nSPS) is 35.3. The molecule has 0 spiro atoms. The topological polar surface area (TPSA) is 49.3 Å². The highest BCUT2D eigenvalue weighted by molar-refractivity contribution is 5.79. The molecule has 0 radical (unpaired) electrons. The molecule has 3 heteroatoms. The van der Waals surface area contributed by atoms with Crippen LogP contribution < -0.4 is 5.32 Å². The molecule has 0 unspecified atom stereocenters. The second-order valence-electron chi connectivity index (χ2n) is 4.27. The molecule has 1 heterocycles. The summed E-state index contributed by atoms with van der Waals surface area (Å²) >= 11 is 0. The molecule has 0 aromatic rings. The molecule has 1 saturated heterocycles. The third-order valence-electron chi connectivity index (χ3n) is 3.49. The standard InChI is InChI=1S/C10H17NO2/c12-6-9-8(5-10(13)11-9)7-3-1-2-4-7/h7-9,12H,1-6H2,(H,11,13)/t8-,9-/m1/s1. The Morgan fingerprint density at radius 3 is 2.69 bits per heavy atom. The number of amides is 1. The van der Waals surface area contributed by atoms with E-state index in [9.17, 15) is 4.79 Å². The van der Waals surface area contributed by atoms with Crippen molar-refractivity contribution < 1.29 is 9.90 Å². The molecule has 1 aliphatic carbocycles. The van der Waals surface area contributed by atoms with Gasteiger partial charge in [0.2, 0.25) is 5.91 Å². The zero-order valence-electron chi connectivity index (χ0n) is 7.83. The van der Waals surface area contributed by atoms with Gasteiger partial charge in [0.1, 0.15) is 0 Å². The molecule has 2 N–H and O–H groups in total. The van der Waals surface area contributed by atoms with Gasteiger partial charge in [0, 0.05) is 6.42 Å². The van der Waals surface area contributed by atoms with Gasteiger partial charge < -0.3 is 10.4 Å². The molecule has 2 atom stereocenters. The third kappa shape index (κ3) is 1.70. The second-order valence-corrected chi connectivity index (χ2v) is 4.27. The summed E-state index contributed by atoms with van der Waals surface area (Å²) < 4.78 is 0. The average Bonchev–Trinajstić information content (AvgIpc) is 2.71. The van der Waals surface area contributed by atoms with Crippen LogP contribution in [-0.2, 0) is 4.79 Å². The van der Waals surface area contributed by atoms with Crippen LogP contribution >= 0.6 is 0 Å². The maximum atomic E-state index is 11.2. The van der Waals surface area contributed by atoms with Crippen LogP contribution in [0.2, 0.25) is 0 Å². The van der Waals surface area contributed by atoms with Crippen molar-refractivity contribution in [1.29, 1.82) is 0 Å². The maximum Gasteiger partial charge on any atom is 0.220 e. The molecule has 0 aromatic carbocycles. The van der Waals surface area contributed by atoms with Crippen molar-refractivity contribution in [3.63, 3.8) is 0 Å². The lowest BCUT2D eigenvalue weighted by Gasteiger charge is -2.22. The fourth-order valence-electron chi connectivity index (χ4n) is 2.79. The monoisotopic (exact) mass is 183 g/mol. The number of hydrogen-bond donors (Lipinski definition) is 2. The van der Waals surface area contributed by atoms with Gasteiger partial charge in [0.15, 0.2) is 0 Å². The Balaban J connectivity index is 1.99. The van der Waals surface area contributed by atoms with Gasteiger partial charge in [-0.25, -0.2) is 0 Å². The van der Waals surface area contributed by atoms with E-state index in [4.69, 9.17) is 5.11 Å². The number of rotatable bonds is 2. The van der Waals surface area contributed by atoms with Crippen molar-refractivity contribution in [1.82, 2.24) is 5.32 Å². The quantitative estimate of drug-likeness (QED) is 0.661. The molecule has 1 amide bonds. The Kier molecular flexibility index (Phi) is 2.54. The largest absolute Gasteiger partial charge is 0.394 e. The van der Waals surface area contributed by atoms with Crippen LogP contribution in [0.5, 0.6) is 0 Å². The van der Waals surface area contributed by atoms with E-state index in [1.54, 1.807) is 0 Å². The van der Waals surface area contributed by atoms with Gasteiger partial charge in [-0.1, -0.05) is 25.7 Å². The zero-order valence-corrected chi connectivity index (χ0v) is 7.83. The third-order valence-corrected chi connectivity index (χ3v) is 3.49. The first kappa shape index (κ1) is 9.00. The lowest BCUT2D eigenvalue weighted by molar-refractivity contribution is -0.119. The number of carbonyl (C=O) groups is 1. The number of nitrogens with one attached hydrogen (secondary N) is 1. The first-order valence-corrected chi connectivity index (χ1v) is 5.21. The van der Waals surface area contributed by atoms with Gasteiger partial charge in [-0.05, 0) is 11.8 Å². The first-order valence-electron chi connectivity index (χ1n) is 5.21. The van der Waals surface area contributed by atoms with E-state index in [0.717, 1.165) is 0 Å². The highest BCUT2D eigenvalue weighted by Crippen LogP contribution is 2.36. The molecule has 13 heavy (non-hydrogen) atoms. The summed E-state index contributed by atoms with van der Waals surface area (Å²) in [5.41, 5.74) is 0. The minimum absolute atomic E-state index is 0.0376. The Morgan fingerprint density at radius 1 is 1.38 bits per heavy atom. The predicted octanol–water partition coefficient (Wildman–Crippen LogP) is 0.674. The van der Waals surface area contributed by atoms with Crippen LogP contribution in [0.1, 0.15) is 32.1 Å². The SMILES string of the molecule is O=C1C[C@H](C2CCCC2)[C@@H](CO)N1. The average molecular weight is 183 g/mol. The van der Waals surface area contributed by atoms with Crippen molar-refractivity contribution in [3.05, 3.63) is 0 Å². The molecule has 2 aliphatic rings. The van der Waals surface area contributed by atoms with Gasteiger partial charge >= 0.3 is 0 Å². The van der Waals surface area contributed by atoms with E-state index in [0.29, 0.717) is 18.3 Å². The Bertz CT molecular complexity index is 199. The van der Waals surface area contributed by atoms with E-state index in [1.165, 1.54) is 25.7 Å². The molecule has 74 valence electrons. The fourth-order valence-corrected chi connectivity index (χ4v) is 2.79. The van der Waals surface area contributed by atoms with Gasteiger partial charge in [0.05, 0.1) is 12.6 Å².